The first-order valence-corrected chi connectivity index (χ1v) is 10.5. The molecular weight excluding hydrogens is 373 g/mol. The van der Waals surface area contributed by atoms with Gasteiger partial charge in [-0.1, -0.05) is 0 Å². The second-order valence-electron chi connectivity index (χ2n) is 9.79. The van der Waals surface area contributed by atoms with Gasteiger partial charge in [0.15, 0.2) is 0 Å². The number of rotatable bonds is 7. The van der Waals surface area contributed by atoms with Crippen molar-refractivity contribution in [3.63, 3.8) is 0 Å². The molecule has 0 unspecified atom stereocenters. The third kappa shape index (κ3) is 8.66. The molecule has 1 heterocycles. The van der Waals surface area contributed by atoms with Crippen LogP contribution in [0.5, 0.6) is 0 Å². The molecule has 1 aliphatic carbocycles. The second-order valence-corrected chi connectivity index (χ2v) is 9.79. The van der Waals surface area contributed by atoms with Crippen molar-refractivity contribution >= 4 is 6.09 Å². The van der Waals surface area contributed by atoms with Crippen molar-refractivity contribution in [1.29, 1.82) is 0 Å². The van der Waals surface area contributed by atoms with Crippen molar-refractivity contribution in [3.05, 3.63) is 29.8 Å². The van der Waals surface area contributed by atoms with Crippen LogP contribution in [0.3, 0.4) is 0 Å². The number of β-amino-alcohol motifs (C(OH)–C–C–N with tert-alkyl or cyclic N) is 1. The number of hydrogen-bond acceptors (Lipinski definition) is 5. The van der Waals surface area contributed by atoms with Crippen molar-refractivity contribution < 1.29 is 19.0 Å². The van der Waals surface area contributed by atoms with Gasteiger partial charge in [0.1, 0.15) is 11.4 Å². The SMILES string of the molecule is CC(C)(CC1CCC(NC(=O)OC(C)(C)C)CC1)NC[C@H](O)c1cncc(F)c1. The zero-order valence-corrected chi connectivity index (χ0v) is 18.3. The number of carbonyl (C=O) groups is 1. The summed E-state index contributed by atoms with van der Waals surface area (Å²) in [6.07, 6.45) is 6.41. The Morgan fingerprint density at radius 2 is 1.90 bits per heavy atom. The molecule has 0 aromatic carbocycles. The van der Waals surface area contributed by atoms with Gasteiger partial charge in [-0.25, -0.2) is 9.18 Å². The average Bonchev–Trinajstić information content (AvgIpc) is 2.59. The lowest BCUT2D eigenvalue weighted by Gasteiger charge is -2.36. The molecule has 3 N–H and O–H groups in total. The number of nitrogens with zero attached hydrogens (tertiary/aromatic N) is 1. The summed E-state index contributed by atoms with van der Waals surface area (Å²) in [6.45, 7) is 10.2. The number of ether oxygens (including phenoxy) is 1. The van der Waals surface area contributed by atoms with Crippen LogP contribution < -0.4 is 10.6 Å². The third-order valence-electron chi connectivity index (χ3n) is 5.25. The minimum atomic E-state index is -0.800. The van der Waals surface area contributed by atoms with E-state index in [2.05, 4.69) is 29.5 Å². The molecule has 6 nitrogen and oxygen atoms in total. The van der Waals surface area contributed by atoms with E-state index in [1.165, 1.54) is 12.3 Å². The Labute approximate surface area is 173 Å². The molecule has 0 aliphatic heterocycles. The first-order chi connectivity index (χ1) is 13.4. The average molecular weight is 410 g/mol. The molecule has 7 heteroatoms. The number of hydrogen-bond donors (Lipinski definition) is 3. The molecule has 29 heavy (non-hydrogen) atoms. The number of carbonyl (C=O) groups excluding carboxylic acids is 1. The van der Waals surface area contributed by atoms with Crippen molar-refractivity contribution in [3.8, 4) is 0 Å². The zero-order chi connectivity index (χ0) is 21.7. The number of aliphatic hydroxyl groups is 1. The van der Waals surface area contributed by atoms with Gasteiger partial charge in [-0.2, -0.15) is 0 Å². The summed E-state index contributed by atoms with van der Waals surface area (Å²) in [5.74, 6) is 0.111. The quantitative estimate of drug-likeness (QED) is 0.632. The van der Waals surface area contributed by atoms with Gasteiger partial charge in [-0.05, 0) is 78.7 Å². The first-order valence-electron chi connectivity index (χ1n) is 10.5. The van der Waals surface area contributed by atoms with Crippen LogP contribution in [-0.4, -0.2) is 39.9 Å². The van der Waals surface area contributed by atoms with Gasteiger partial charge < -0.3 is 20.5 Å². The molecule has 1 fully saturated rings. The van der Waals surface area contributed by atoms with Crippen molar-refractivity contribution in [2.24, 2.45) is 5.92 Å². The van der Waals surface area contributed by atoms with Gasteiger partial charge >= 0.3 is 6.09 Å². The Morgan fingerprint density at radius 1 is 1.24 bits per heavy atom. The number of aliphatic hydroxyl groups excluding tert-OH is 1. The van der Waals surface area contributed by atoms with Gasteiger partial charge in [0, 0.05) is 29.9 Å². The maximum atomic E-state index is 13.3. The fourth-order valence-corrected chi connectivity index (χ4v) is 3.88. The van der Waals surface area contributed by atoms with E-state index in [-0.39, 0.29) is 17.7 Å². The van der Waals surface area contributed by atoms with E-state index in [4.69, 9.17) is 4.74 Å². The van der Waals surface area contributed by atoms with E-state index in [9.17, 15) is 14.3 Å². The number of pyridine rings is 1. The van der Waals surface area contributed by atoms with Gasteiger partial charge in [0.25, 0.3) is 0 Å². The Bertz CT molecular complexity index is 668. The van der Waals surface area contributed by atoms with E-state index >= 15 is 0 Å². The Kier molecular flexibility index (Phi) is 8.00. The molecule has 0 saturated heterocycles. The second kappa shape index (κ2) is 9.85. The minimum absolute atomic E-state index is 0.155. The largest absolute Gasteiger partial charge is 0.444 e. The van der Waals surface area contributed by atoms with E-state index in [1.807, 2.05) is 20.8 Å². The highest BCUT2D eigenvalue weighted by Gasteiger charge is 2.29. The number of halogens is 1. The molecular formula is C22H36FN3O3. The van der Waals surface area contributed by atoms with Gasteiger partial charge in [0.2, 0.25) is 0 Å². The van der Waals surface area contributed by atoms with Crippen molar-refractivity contribution in [2.45, 2.75) is 90.0 Å². The summed E-state index contributed by atoms with van der Waals surface area (Å²) in [5.41, 5.74) is -0.164. The molecule has 1 aromatic rings. The van der Waals surface area contributed by atoms with E-state index < -0.39 is 17.5 Å². The summed E-state index contributed by atoms with van der Waals surface area (Å²) >= 11 is 0. The lowest BCUT2D eigenvalue weighted by Crippen LogP contribution is -2.45. The van der Waals surface area contributed by atoms with Crippen LogP contribution in [0.2, 0.25) is 0 Å². The number of nitrogens with one attached hydrogen (secondary N) is 2. The Morgan fingerprint density at radius 3 is 2.48 bits per heavy atom. The summed E-state index contributed by atoms with van der Waals surface area (Å²) in [7, 11) is 0. The monoisotopic (exact) mass is 409 g/mol. The van der Waals surface area contributed by atoms with E-state index in [0.29, 0.717) is 18.0 Å². The number of alkyl carbamates (subject to hydrolysis) is 1. The highest BCUT2D eigenvalue weighted by molar-refractivity contribution is 5.68. The predicted molar refractivity (Wildman–Crippen MR) is 111 cm³/mol. The fourth-order valence-electron chi connectivity index (χ4n) is 3.88. The molecule has 0 spiro atoms. The smallest absolute Gasteiger partial charge is 0.407 e. The third-order valence-corrected chi connectivity index (χ3v) is 5.25. The predicted octanol–water partition coefficient (Wildman–Crippen LogP) is 4.10. The van der Waals surface area contributed by atoms with Crippen LogP contribution in [-0.2, 0) is 4.74 Å². The maximum absolute atomic E-state index is 13.3. The number of aromatic nitrogens is 1. The van der Waals surface area contributed by atoms with E-state index in [0.717, 1.165) is 38.3 Å². The van der Waals surface area contributed by atoms with Crippen molar-refractivity contribution in [2.75, 3.05) is 6.54 Å². The first kappa shape index (κ1) is 23.5. The molecule has 1 aliphatic rings. The number of amides is 1. The van der Waals surface area contributed by atoms with E-state index in [1.54, 1.807) is 0 Å². The standard InChI is InChI=1S/C22H36FN3O3/c1-21(2,3)29-20(28)26-18-8-6-15(7-9-18)11-22(4,5)25-14-19(27)16-10-17(23)13-24-12-16/h10,12-13,15,18-19,25,27H,6-9,11,14H2,1-5H3,(H,26,28)/t15?,18?,19-/m0/s1. The van der Waals surface area contributed by atoms with Crippen LogP contribution in [0, 0.1) is 11.7 Å². The molecule has 164 valence electrons. The van der Waals surface area contributed by atoms with Gasteiger partial charge in [0.05, 0.1) is 12.3 Å². The fraction of sp³-hybridized carbons (Fsp3) is 0.727. The summed E-state index contributed by atoms with van der Waals surface area (Å²) in [6, 6.07) is 1.48. The summed E-state index contributed by atoms with van der Waals surface area (Å²) < 4.78 is 18.6. The normalized spacial score (nSPS) is 21.5. The van der Waals surface area contributed by atoms with Crippen LogP contribution >= 0.6 is 0 Å². The van der Waals surface area contributed by atoms with Gasteiger partial charge in [-0.3, -0.25) is 4.98 Å². The van der Waals surface area contributed by atoms with Crippen LogP contribution in [0.15, 0.2) is 18.5 Å². The van der Waals surface area contributed by atoms with Crippen LogP contribution in [0.25, 0.3) is 0 Å². The summed E-state index contributed by atoms with van der Waals surface area (Å²) in [4.78, 5) is 15.7. The Balaban J connectivity index is 1.73. The molecule has 1 saturated carbocycles. The topological polar surface area (TPSA) is 83.5 Å². The molecule has 2 rings (SSSR count). The highest BCUT2D eigenvalue weighted by atomic mass is 19.1. The maximum Gasteiger partial charge on any atom is 0.407 e. The molecule has 0 radical (unpaired) electrons. The van der Waals surface area contributed by atoms with Crippen LogP contribution in [0.1, 0.15) is 78.4 Å². The lowest BCUT2D eigenvalue weighted by molar-refractivity contribution is 0.0484. The van der Waals surface area contributed by atoms with Crippen LogP contribution in [0.4, 0.5) is 9.18 Å². The zero-order valence-electron chi connectivity index (χ0n) is 18.3. The van der Waals surface area contributed by atoms with Gasteiger partial charge in [-0.15, -0.1) is 0 Å². The molecule has 0 bridgehead atoms. The highest BCUT2D eigenvalue weighted by Crippen LogP contribution is 2.31. The van der Waals surface area contributed by atoms with Crippen molar-refractivity contribution in [1.82, 2.24) is 15.6 Å². The Hall–Kier alpha value is -1.73. The minimum Gasteiger partial charge on any atom is -0.444 e. The summed E-state index contributed by atoms with van der Waals surface area (Å²) in [5, 5.41) is 16.7. The molecule has 1 amide bonds. The molecule has 1 aromatic heterocycles. The lowest BCUT2D eigenvalue weighted by atomic mass is 9.79. The molecule has 1 atom stereocenters.